The average molecular weight is 292 g/mol. The fourth-order valence-corrected chi connectivity index (χ4v) is 2.34. The third-order valence-electron chi connectivity index (χ3n) is 3.38. The van der Waals surface area contributed by atoms with Crippen LogP contribution in [0.2, 0.25) is 0 Å². The number of rotatable bonds is 2. The lowest BCUT2D eigenvalue weighted by atomic mass is 10.0. The van der Waals surface area contributed by atoms with Crippen molar-refractivity contribution in [1.82, 2.24) is 14.5 Å². The summed E-state index contributed by atoms with van der Waals surface area (Å²) in [5.41, 5.74) is 11.1. The predicted octanol–water partition coefficient (Wildman–Crippen LogP) is 3.39. The van der Waals surface area contributed by atoms with E-state index in [1.807, 2.05) is 36.7 Å². The van der Waals surface area contributed by atoms with Crippen LogP contribution >= 0.6 is 0 Å². The smallest absolute Gasteiger partial charge is 0.249 e. The number of benzene rings is 1. The van der Waals surface area contributed by atoms with Crippen molar-refractivity contribution in [2.75, 3.05) is 0 Å². The van der Waals surface area contributed by atoms with Crippen LogP contribution in [0.25, 0.3) is 32.9 Å². The molecule has 108 valence electrons. The molecule has 0 N–H and O–H groups in total. The van der Waals surface area contributed by atoms with Crippen LogP contribution in [0.5, 0.6) is 0 Å². The Kier molecular flexibility index (Phi) is 3.33. The number of hydrogen-bond donors (Lipinski definition) is 0. The maximum Gasteiger partial charge on any atom is 0.249 e. The molecular weight excluding hydrogens is 280 g/mol. The van der Waals surface area contributed by atoms with E-state index in [0.29, 0.717) is 28.0 Å². The van der Waals surface area contributed by atoms with Gasteiger partial charge in [0.25, 0.3) is 0 Å². The van der Waals surface area contributed by atoms with Crippen LogP contribution in [0.15, 0.2) is 41.8 Å². The Morgan fingerprint density at radius 3 is 2.86 bits per heavy atom. The van der Waals surface area contributed by atoms with E-state index in [-0.39, 0.29) is 0 Å². The van der Waals surface area contributed by atoms with Gasteiger partial charge in [-0.1, -0.05) is 11.6 Å². The van der Waals surface area contributed by atoms with Gasteiger partial charge in [0.05, 0.1) is 5.52 Å². The van der Waals surface area contributed by atoms with E-state index in [2.05, 4.69) is 20.0 Å². The lowest BCUT2D eigenvalue weighted by molar-refractivity contribution is 0.100. The molecule has 7 heteroatoms. The van der Waals surface area contributed by atoms with E-state index >= 15 is 0 Å². The number of azide groups is 1. The molecule has 0 unspecified atom stereocenters. The standard InChI is InChI=1S/C15H12N6O/c1-9-3-4-12-10(7-9)11(15(22)19-20-16)8-13(18-12)14-17-5-6-21(14)2/h3-8H,1-2H3. The summed E-state index contributed by atoms with van der Waals surface area (Å²) in [5, 5.41) is 3.87. The highest BCUT2D eigenvalue weighted by atomic mass is 16.1. The monoisotopic (exact) mass is 292 g/mol. The van der Waals surface area contributed by atoms with Crippen molar-refractivity contribution in [3.8, 4) is 11.5 Å². The lowest BCUT2D eigenvalue weighted by Gasteiger charge is -2.08. The first-order chi connectivity index (χ1) is 10.6. The van der Waals surface area contributed by atoms with Gasteiger partial charge in [-0.2, -0.15) is 0 Å². The van der Waals surface area contributed by atoms with Crippen LogP contribution in [-0.2, 0) is 7.05 Å². The molecule has 0 fully saturated rings. The second-order valence-electron chi connectivity index (χ2n) is 4.93. The summed E-state index contributed by atoms with van der Waals surface area (Å²) in [6, 6.07) is 7.22. The molecule has 0 aliphatic heterocycles. The molecule has 0 atom stereocenters. The molecular formula is C15H12N6O. The van der Waals surface area contributed by atoms with Crippen molar-refractivity contribution < 1.29 is 4.79 Å². The van der Waals surface area contributed by atoms with Crippen molar-refractivity contribution in [1.29, 1.82) is 0 Å². The maximum atomic E-state index is 12.1. The van der Waals surface area contributed by atoms with E-state index in [9.17, 15) is 4.79 Å². The molecule has 1 amide bonds. The van der Waals surface area contributed by atoms with Crippen LogP contribution in [0.3, 0.4) is 0 Å². The summed E-state index contributed by atoms with van der Waals surface area (Å²) in [6.07, 6.45) is 3.45. The molecule has 0 spiro atoms. The highest BCUT2D eigenvalue weighted by Gasteiger charge is 2.15. The van der Waals surface area contributed by atoms with Crippen LogP contribution in [0.1, 0.15) is 15.9 Å². The minimum atomic E-state index is -0.629. The van der Waals surface area contributed by atoms with Gasteiger partial charge in [0.1, 0.15) is 5.69 Å². The van der Waals surface area contributed by atoms with Crippen LogP contribution in [0.4, 0.5) is 0 Å². The predicted molar refractivity (Wildman–Crippen MR) is 82.2 cm³/mol. The number of amides is 1. The van der Waals surface area contributed by atoms with Crippen LogP contribution in [-0.4, -0.2) is 20.4 Å². The minimum absolute atomic E-state index is 0.324. The molecule has 1 aromatic carbocycles. The summed E-state index contributed by atoms with van der Waals surface area (Å²) in [6.45, 7) is 1.92. The van der Waals surface area contributed by atoms with Gasteiger partial charge >= 0.3 is 0 Å². The van der Waals surface area contributed by atoms with Gasteiger partial charge in [0.2, 0.25) is 5.91 Å². The number of aromatic nitrogens is 3. The molecule has 0 saturated heterocycles. The van der Waals surface area contributed by atoms with Gasteiger partial charge in [-0.05, 0) is 35.8 Å². The first-order valence-corrected chi connectivity index (χ1v) is 6.58. The topological polar surface area (TPSA) is 96.5 Å². The fourth-order valence-electron chi connectivity index (χ4n) is 2.34. The van der Waals surface area contributed by atoms with E-state index in [0.717, 1.165) is 5.56 Å². The highest BCUT2D eigenvalue weighted by molar-refractivity contribution is 6.07. The van der Waals surface area contributed by atoms with Crippen molar-refractivity contribution in [2.45, 2.75) is 6.92 Å². The van der Waals surface area contributed by atoms with E-state index in [4.69, 9.17) is 5.53 Å². The Labute approximate surface area is 125 Å². The quantitative estimate of drug-likeness (QED) is 0.411. The molecule has 7 nitrogen and oxygen atoms in total. The van der Waals surface area contributed by atoms with Crippen molar-refractivity contribution >= 4 is 16.8 Å². The summed E-state index contributed by atoms with van der Waals surface area (Å²) < 4.78 is 1.81. The SMILES string of the molecule is Cc1ccc2nc(-c3nccn3C)cc(C(=O)N=[N+]=[N-])c2c1. The Balaban J connectivity index is 2.34. The normalized spacial score (nSPS) is 10.5. The number of pyridine rings is 1. The molecule has 0 radical (unpaired) electrons. The van der Waals surface area contributed by atoms with Crippen LogP contribution < -0.4 is 0 Å². The van der Waals surface area contributed by atoms with E-state index in [1.54, 1.807) is 18.5 Å². The molecule has 0 saturated carbocycles. The van der Waals surface area contributed by atoms with Crippen molar-refractivity contribution in [3.63, 3.8) is 0 Å². The minimum Gasteiger partial charge on any atom is -0.333 e. The lowest BCUT2D eigenvalue weighted by Crippen LogP contribution is -2.01. The van der Waals surface area contributed by atoms with E-state index < -0.39 is 5.91 Å². The third kappa shape index (κ3) is 2.30. The van der Waals surface area contributed by atoms with Crippen molar-refractivity contribution in [3.05, 3.63) is 58.2 Å². The first kappa shape index (κ1) is 13.8. The number of hydrogen-bond acceptors (Lipinski definition) is 3. The van der Waals surface area contributed by atoms with Crippen LogP contribution in [0, 0.1) is 6.92 Å². The summed E-state index contributed by atoms with van der Waals surface area (Å²) >= 11 is 0. The number of imidazole rings is 1. The van der Waals surface area contributed by atoms with E-state index in [1.165, 1.54) is 0 Å². The second-order valence-corrected chi connectivity index (χ2v) is 4.93. The Bertz CT molecular complexity index is 936. The number of aryl methyl sites for hydroxylation is 2. The Morgan fingerprint density at radius 2 is 2.18 bits per heavy atom. The molecule has 0 aliphatic carbocycles. The second kappa shape index (κ2) is 5.31. The average Bonchev–Trinajstić information content (AvgIpc) is 2.92. The summed E-state index contributed by atoms with van der Waals surface area (Å²) in [7, 11) is 1.85. The molecule has 2 aromatic heterocycles. The largest absolute Gasteiger partial charge is 0.333 e. The Hall–Kier alpha value is -3.18. The zero-order chi connectivity index (χ0) is 15.7. The number of nitrogens with zero attached hydrogens (tertiary/aromatic N) is 6. The molecule has 0 bridgehead atoms. The third-order valence-corrected chi connectivity index (χ3v) is 3.38. The molecule has 3 aromatic rings. The maximum absolute atomic E-state index is 12.1. The summed E-state index contributed by atoms with van der Waals surface area (Å²) in [4.78, 5) is 23.5. The number of carbonyl (C=O) groups is 1. The fraction of sp³-hybridized carbons (Fsp3) is 0.133. The van der Waals surface area contributed by atoms with Gasteiger partial charge in [-0.25, -0.2) is 9.97 Å². The molecule has 2 heterocycles. The first-order valence-electron chi connectivity index (χ1n) is 6.58. The summed E-state index contributed by atoms with van der Waals surface area (Å²) in [5.74, 6) is 0.00780. The van der Waals surface area contributed by atoms with Gasteiger partial charge in [0, 0.05) is 35.3 Å². The number of fused-ring (bicyclic) bond motifs is 1. The number of carbonyl (C=O) groups excluding carboxylic acids is 1. The molecule has 3 rings (SSSR count). The molecule has 0 aliphatic rings. The van der Waals surface area contributed by atoms with Gasteiger partial charge in [-0.3, -0.25) is 4.79 Å². The Morgan fingerprint density at radius 1 is 1.36 bits per heavy atom. The zero-order valence-corrected chi connectivity index (χ0v) is 12.1. The van der Waals surface area contributed by atoms with Gasteiger partial charge in [0.15, 0.2) is 5.82 Å². The molecule has 22 heavy (non-hydrogen) atoms. The van der Waals surface area contributed by atoms with Crippen molar-refractivity contribution in [2.24, 2.45) is 12.2 Å². The highest BCUT2D eigenvalue weighted by Crippen LogP contribution is 2.25. The van der Waals surface area contributed by atoms with Gasteiger partial charge < -0.3 is 4.57 Å². The zero-order valence-electron chi connectivity index (χ0n) is 12.1. The van der Waals surface area contributed by atoms with Gasteiger partial charge in [-0.15, -0.1) is 0 Å².